The molecule has 6 heteroatoms. The van der Waals surface area contributed by atoms with Crippen LogP contribution in [0.15, 0.2) is 28.9 Å². The smallest absolute Gasteiger partial charge is 0.142 e. The predicted molar refractivity (Wildman–Crippen MR) is 83.0 cm³/mol. The van der Waals surface area contributed by atoms with Gasteiger partial charge in [0, 0.05) is 28.3 Å². The van der Waals surface area contributed by atoms with Crippen LogP contribution in [0.4, 0.5) is 5.69 Å². The summed E-state index contributed by atoms with van der Waals surface area (Å²) >= 11 is 9.47. The zero-order valence-corrected chi connectivity index (χ0v) is 13.2. The van der Waals surface area contributed by atoms with Crippen molar-refractivity contribution >= 4 is 33.2 Å². The molecule has 4 nitrogen and oxygen atoms in total. The molecule has 1 aromatic carbocycles. The van der Waals surface area contributed by atoms with Crippen LogP contribution in [0.3, 0.4) is 0 Å². The van der Waals surface area contributed by atoms with Crippen LogP contribution >= 0.6 is 27.5 Å². The van der Waals surface area contributed by atoms with Gasteiger partial charge in [0.25, 0.3) is 0 Å². The summed E-state index contributed by atoms with van der Waals surface area (Å²) in [5.41, 5.74) is 2.50. The topological polar surface area (TPSA) is 65.4 Å². The van der Waals surface area contributed by atoms with Gasteiger partial charge in [-0.15, -0.1) is 0 Å². The van der Waals surface area contributed by atoms with Crippen molar-refractivity contribution in [3.05, 3.63) is 50.7 Å². The fraction of sp³-hybridized carbons (Fsp3) is 0.214. The van der Waals surface area contributed by atoms with Gasteiger partial charge in [-0.2, -0.15) is 0 Å². The molecule has 20 heavy (non-hydrogen) atoms. The number of nitrogens with one attached hydrogen (secondary N) is 1. The number of benzene rings is 1. The van der Waals surface area contributed by atoms with Crippen molar-refractivity contribution in [3.8, 4) is 5.75 Å². The molecule has 3 N–H and O–H groups in total. The zero-order chi connectivity index (χ0) is 14.7. The molecule has 0 bridgehead atoms. The lowest BCUT2D eigenvalue weighted by Gasteiger charge is -2.14. The van der Waals surface area contributed by atoms with Crippen LogP contribution in [0, 0.1) is 6.92 Å². The Morgan fingerprint density at radius 3 is 2.80 bits per heavy atom. The fourth-order valence-electron chi connectivity index (χ4n) is 1.83. The molecule has 0 spiro atoms. The van der Waals surface area contributed by atoms with Gasteiger partial charge in [0.2, 0.25) is 0 Å². The molecule has 1 aromatic heterocycles. The summed E-state index contributed by atoms with van der Waals surface area (Å²) in [6, 6.07) is 5.50. The van der Waals surface area contributed by atoms with Crippen molar-refractivity contribution in [2.24, 2.45) is 0 Å². The molecule has 0 atom stereocenters. The highest BCUT2D eigenvalue weighted by atomic mass is 79.9. The molecule has 0 aliphatic heterocycles. The number of aryl methyl sites for hydroxylation is 1. The predicted octanol–water partition coefficient (Wildman–Crippen LogP) is 3.62. The minimum atomic E-state index is -0.175. The van der Waals surface area contributed by atoms with E-state index in [0.29, 0.717) is 28.4 Å². The number of hydrogen-bond acceptors (Lipinski definition) is 4. The first kappa shape index (κ1) is 15.1. The molecule has 0 fully saturated rings. The standard InChI is InChI=1S/C14H14BrClN2O2/c1-8-14(20)11(9(7-19)5-17-8)6-18-13-3-2-10(15)4-12(13)16/h2-5,18-20H,6-7H2,1H3. The molecule has 0 saturated carbocycles. The summed E-state index contributed by atoms with van der Waals surface area (Å²) in [5.74, 6) is 0.0947. The first-order valence-electron chi connectivity index (χ1n) is 5.99. The van der Waals surface area contributed by atoms with Gasteiger partial charge < -0.3 is 15.5 Å². The Morgan fingerprint density at radius 1 is 1.40 bits per heavy atom. The van der Waals surface area contributed by atoms with Crippen LogP contribution in [-0.2, 0) is 13.2 Å². The molecule has 0 aliphatic carbocycles. The van der Waals surface area contributed by atoms with E-state index >= 15 is 0 Å². The van der Waals surface area contributed by atoms with Gasteiger partial charge in [0.05, 0.1) is 23.0 Å². The zero-order valence-electron chi connectivity index (χ0n) is 10.8. The van der Waals surface area contributed by atoms with E-state index in [4.69, 9.17) is 11.6 Å². The highest BCUT2D eigenvalue weighted by Crippen LogP contribution is 2.28. The average Bonchev–Trinajstić information content (AvgIpc) is 2.42. The number of aromatic nitrogens is 1. The van der Waals surface area contributed by atoms with Gasteiger partial charge in [0.1, 0.15) is 5.75 Å². The number of halogens is 2. The van der Waals surface area contributed by atoms with E-state index in [0.717, 1.165) is 10.2 Å². The summed E-state index contributed by atoms with van der Waals surface area (Å²) in [7, 11) is 0. The average molecular weight is 358 g/mol. The highest BCUT2D eigenvalue weighted by Gasteiger charge is 2.11. The third-order valence-corrected chi connectivity index (χ3v) is 3.79. The normalized spacial score (nSPS) is 10.6. The summed E-state index contributed by atoms with van der Waals surface area (Å²) in [4.78, 5) is 4.02. The van der Waals surface area contributed by atoms with Crippen molar-refractivity contribution in [2.75, 3.05) is 5.32 Å². The summed E-state index contributed by atoms with van der Waals surface area (Å²) < 4.78 is 0.895. The van der Waals surface area contributed by atoms with Gasteiger partial charge in [-0.3, -0.25) is 4.98 Å². The van der Waals surface area contributed by atoms with E-state index in [2.05, 4.69) is 26.2 Å². The highest BCUT2D eigenvalue weighted by molar-refractivity contribution is 9.10. The number of aromatic hydroxyl groups is 1. The number of anilines is 1. The maximum atomic E-state index is 10.0. The molecule has 2 aromatic rings. The van der Waals surface area contributed by atoms with E-state index in [1.807, 2.05) is 12.1 Å². The first-order valence-corrected chi connectivity index (χ1v) is 7.16. The van der Waals surface area contributed by atoms with Crippen molar-refractivity contribution < 1.29 is 10.2 Å². The number of nitrogens with zero attached hydrogens (tertiary/aromatic N) is 1. The van der Waals surface area contributed by atoms with Crippen LogP contribution in [0.5, 0.6) is 5.75 Å². The fourth-order valence-corrected chi connectivity index (χ4v) is 2.57. The molecule has 0 aliphatic rings. The van der Waals surface area contributed by atoms with Crippen molar-refractivity contribution in [3.63, 3.8) is 0 Å². The Bertz CT molecular complexity index is 635. The Balaban J connectivity index is 2.24. The van der Waals surface area contributed by atoms with Crippen molar-refractivity contribution in [1.82, 2.24) is 4.98 Å². The second kappa shape index (κ2) is 6.43. The molecule has 106 valence electrons. The number of aliphatic hydroxyl groups is 1. The minimum Gasteiger partial charge on any atom is -0.506 e. The van der Waals surface area contributed by atoms with Gasteiger partial charge >= 0.3 is 0 Å². The number of rotatable bonds is 4. The summed E-state index contributed by atoms with van der Waals surface area (Å²) in [6.45, 7) is 1.89. The maximum Gasteiger partial charge on any atom is 0.142 e. The number of hydrogen-bond donors (Lipinski definition) is 3. The lowest BCUT2D eigenvalue weighted by molar-refractivity contribution is 0.279. The van der Waals surface area contributed by atoms with Crippen LogP contribution in [-0.4, -0.2) is 15.2 Å². The summed E-state index contributed by atoms with van der Waals surface area (Å²) in [6.07, 6.45) is 1.56. The molecule has 0 amide bonds. The Kier molecular flexibility index (Phi) is 4.86. The molecule has 2 rings (SSSR count). The van der Waals surface area contributed by atoms with Gasteiger partial charge in [-0.1, -0.05) is 27.5 Å². The third-order valence-electron chi connectivity index (χ3n) is 2.99. The quantitative estimate of drug-likeness (QED) is 0.782. The minimum absolute atomic E-state index is 0.0947. The van der Waals surface area contributed by atoms with Crippen LogP contribution in [0.2, 0.25) is 5.02 Å². The van der Waals surface area contributed by atoms with E-state index < -0.39 is 0 Å². The van der Waals surface area contributed by atoms with Gasteiger partial charge in [0.15, 0.2) is 0 Å². The van der Waals surface area contributed by atoms with Gasteiger partial charge in [-0.05, 0) is 25.1 Å². The SMILES string of the molecule is Cc1ncc(CO)c(CNc2ccc(Br)cc2Cl)c1O. The molecule has 0 saturated heterocycles. The van der Waals surface area contributed by atoms with Crippen LogP contribution in [0.1, 0.15) is 16.8 Å². The van der Waals surface area contributed by atoms with Crippen LogP contribution < -0.4 is 5.32 Å². The van der Waals surface area contributed by atoms with Crippen molar-refractivity contribution in [2.45, 2.75) is 20.1 Å². The Hall–Kier alpha value is -1.30. The van der Waals surface area contributed by atoms with E-state index in [1.165, 1.54) is 0 Å². The lowest BCUT2D eigenvalue weighted by Crippen LogP contribution is -2.06. The third kappa shape index (κ3) is 3.23. The first-order chi connectivity index (χ1) is 9.52. The lowest BCUT2D eigenvalue weighted by atomic mass is 10.1. The number of pyridine rings is 1. The second-order valence-corrected chi connectivity index (χ2v) is 5.65. The molecule has 0 unspecified atom stereocenters. The van der Waals surface area contributed by atoms with E-state index in [-0.39, 0.29) is 12.4 Å². The largest absolute Gasteiger partial charge is 0.506 e. The van der Waals surface area contributed by atoms with Gasteiger partial charge in [-0.25, -0.2) is 0 Å². The van der Waals surface area contributed by atoms with E-state index in [9.17, 15) is 10.2 Å². The van der Waals surface area contributed by atoms with Crippen LogP contribution in [0.25, 0.3) is 0 Å². The van der Waals surface area contributed by atoms with E-state index in [1.54, 1.807) is 19.2 Å². The Morgan fingerprint density at radius 2 is 2.15 bits per heavy atom. The number of aliphatic hydroxyl groups excluding tert-OH is 1. The molecular weight excluding hydrogens is 344 g/mol. The Labute approximate surface area is 130 Å². The maximum absolute atomic E-state index is 10.0. The van der Waals surface area contributed by atoms with Crippen molar-refractivity contribution in [1.29, 1.82) is 0 Å². The monoisotopic (exact) mass is 356 g/mol. The molecule has 1 heterocycles. The summed E-state index contributed by atoms with van der Waals surface area (Å²) in [5, 5.41) is 23.1. The second-order valence-electron chi connectivity index (χ2n) is 4.33. The molecule has 0 radical (unpaired) electrons. The molecular formula is C14H14BrClN2O2.